The number of carbonyl (C=O) groups is 1. The Morgan fingerprint density at radius 1 is 1.25 bits per heavy atom. The lowest BCUT2D eigenvalue weighted by molar-refractivity contribution is 0.102. The summed E-state index contributed by atoms with van der Waals surface area (Å²) in [5, 5.41) is 7.64. The maximum atomic E-state index is 13.0. The summed E-state index contributed by atoms with van der Waals surface area (Å²) in [4.78, 5) is 17.5. The van der Waals surface area contributed by atoms with Crippen LogP contribution in [0.3, 0.4) is 0 Å². The number of aryl methyl sites for hydroxylation is 2. The fraction of sp³-hybridized carbons (Fsp3) is 0.278. The van der Waals surface area contributed by atoms with E-state index in [2.05, 4.69) is 15.5 Å². The van der Waals surface area contributed by atoms with Gasteiger partial charge in [-0.3, -0.25) is 4.79 Å². The molecule has 1 aromatic carbocycles. The van der Waals surface area contributed by atoms with Gasteiger partial charge in [0.05, 0.1) is 23.8 Å². The number of nitrogens with one attached hydrogen (secondary N) is 1. The predicted octanol–water partition coefficient (Wildman–Crippen LogP) is 3.28. The molecule has 0 fully saturated rings. The van der Waals surface area contributed by atoms with E-state index in [9.17, 15) is 4.79 Å². The first-order valence-corrected chi connectivity index (χ1v) is 7.90. The number of carbonyl (C=O) groups excluding carboxylic acids is 1. The van der Waals surface area contributed by atoms with Crippen molar-refractivity contribution >= 4 is 22.7 Å². The van der Waals surface area contributed by atoms with Gasteiger partial charge in [-0.05, 0) is 56.0 Å². The summed E-state index contributed by atoms with van der Waals surface area (Å²) in [7, 11) is 1.61. The fourth-order valence-corrected chi connectivity index (χ4v) is 3.23. The Morgan fingerprint density at radius 3 is 2.79 bits per heavy atom. The third-order valence-corrected chi connectivity index (χ3v) is 4.40. The Morgan fingerprint density at radius 2 is 2.04 bits per heavy atom. The number of anilines is 1. The first-order chi connectivity index (χ1) is 11.7. The third-order valence-electron chi connectivity index (χ3n) is 4.40. The van der Waals surface area contributed by atoms with E-state index in [4.69, 9.17) is 9.26 Å². The van der Waals surface area contributed by atoms with Gasteiger partial charge in [-0.2, -0.15) is 0 Å². The molecule has 2 aromatic heterocycles. The van der Waals surface area contributed by atoms with Crippen molar-refractivity contribution in [3.05, 3.63) is 46.8 Å². The number of fused-ring (bicyclic) bond motifs is 2. The van der Waals surface area contributed by atoms with Crippen LogP contribution in [0.4, 0.5) is 5.69 Å². The highest BCUT2D eigenvalue weighted by Gasteiger charge is 2.27. The summed E-state index contributed by atoms with van der Waals surface area (Å²) in [6.07, 6.45) is 2.73. The lowest BCUT2D eigenvalue weighted by atomic mass is 10.0. The van der Waals surface area contributed by atoms with E-state index in [1.807, 2.05) is 31.2 Å². The fourth-order valence-electron chi connectivity index (χ4n) is 3.23. The van der Waals surface area contributed by atoms with E-state index >= 15 is 0 Å². The number of aromatic nitrogens is 2. The van der Waals surface area contributed by atoms with Crippen molar-refractivity contribution in [2.45, 2.75) is 26.2 Å². The average Bonchev–Trinajstić information content (AvgIpc) is 3.20. The molecule has 0 atom stereocenters. The number of benzene rings is 1. The van der Waals surface area contributed by atoms with Gasteiger partial charge in [0, 0.05) is 11.4 Å². The molecule has 2 heterocycles. The van der Waals surface area contributed by atoms with Crippen LogP contribution in [0.2, 0.25) is 0 Å². The van der Waals surface area contributed by atoms with Gasteiger partial charge in [-0.15, -0.1) is 0 Å². The monoisotopic (exact) mass is 323 g/mol. The molecule has 4 rings (SSSR count). The second-order valence-electron chi connectivity index (χ2n) is 5.90. The number of hydrogen-bond donors (Lipinski definition) is 1. The van der Waals surface area contributed by atoms with Crippen LogP contribution < -0.4 is 10.1 Å². The number of pyridine rings is 1. The lowest BCUT2D eigenvalue weighted by Crippen LogP contribution is -2.15. The zero-order chi connectivity index (χ0) is 16.7. The normalized spacial score (nSPS) is 13.1. The van der Waals surface area contributed by atoms with Crippen LogP contribution in [0, 0.1) is 6.92 Å². The molecule has 24 heavy (non-hydrogen) atoms. The average molecular weight is 323 g/mol. The summed E-state index contributed by atoms with van der Waals surface area (Å²) in [5.41, 5.74) is 4.44. The van der Waals surface area contributed by atoms with Crippen molar-refractivity contribution in [2.75, 3.05) is 12.4 Å². The number of nitrogens with zero attached hydrogens (tertiary/aromatic N) is 2. The molecule has 0 saturated carbocycles. The molecular formula is C18H17N3O3. The summed E-state index contributed by atoms with van der Waals surface area (Å²) in [6, 6.07) is 7.26. The van der Waals surface area contributed by atoms with E-state index in [0.717, 1.165) is 36.3 Å². The topological polar surface area (TPSA) is 77.2 Å². The van der Waals surface area contributed by atoms with Gasteiger partial charge < -0.3 is 14.6 Å². The standard InChI is InChI=1S/C18H17N3O3/c1-10-15-16(13-4-3-5-14(13)20-18(15)24-21-10)17(22)19-11-6-8-12(23-2)9-7-11/h6-9H,3-5H2,1-2H3,(H,19,22). The highest BCUT2D eigenvalue weighted by atomic mass is 16.5. The summed E-state index contributed by atoms with van der Waals surface area (Å²) >= 11 is 0. The smallest absolute Gasteiger partial charge is 0.259 e. The summed E-state index contributed by atoms with van der Waals surface area (Å²) in [5.74, 6) is 0.590. The molecule has 1 amide bonds. The molecule has 1 aliphatic carbocycles. The highest BCUT2D eigenvalue weighted by molar-refractivity contribution is 6.13. The number of hydrogen-bond acceptors (Lipinski definition) is 5. The van der Waals surface area contributed by atoms with Gasteiger partial charge in [-0.1, -0.05) is 5.16 Å². The maximum absolute atomic E-state index is 13.0. The van der Waals surface area contributed by atoms with E-state index in [1.54, 1.807) is 7.11 Å². The minimum absolute atomic E-state index is 0.156. The van der Waals surface area contributed by atoms with Crippen molar-refractivity contribution in [1.82, 2.24) is 10.1 Å². The second kappa shape index (κ2) is 5.63. The van der Waals surface area contributed by atoms with Crippen molar-refractivity contribution in [2.24, 2.45) is 0 Å². The molecule has 122 valence electrons. The van der Waals surface area contributed by atoms with Gasteiger partial charge in [-0.25, -0.2) is 4.98 Å². The minimum atomic E-state index is -0.156. The Labute approximate surface area is 138 Å². The van der Waals surface area contributed by atoms with Gasteiger partial charge >= 0.3 is 0 Å². The van der Waals surface area contributed by atoms with Crippen LogP contribution in [0.5, 0.6) is 5.75 Å². The predicted molar refractivity (Wildman–Crippen MR) is 89.5 cm³/mol. The number of ether oxygens (including phenoxy) is 1. The minimum Gasteiger partial charge on any atom is -0.497 e. The van der Waals surface area contributed by atoms with Crippen molar-refractivity contribution in [3.8, 4) is 5.75 Å². The third kappa shape index (κ3) is 2.31. The molecule has 0 unspecified atom stereocenters. The zero-order valence-corrected chi connectivity index (χ0v) is 13.5. The van der Waals surface area contributed by atoms with Crippen molar-refractivity contribution < 1.29 is 14.1 Å². The summed E-state index contributed by atoms with van der Waals surface area (Å²) < 4.78 is 10.4. The lowest BCUT2D eigenvalue weighted by Gasteiger charge is -2.11. The molecular weight excluding hydrogens is 306 g/mol. The molecule has 1 aliphatic rings. The van der Waals surface area contributed by atoms with Gasteiger partial charge in [0.1, 0.15) is 5.75 Å². The van der Waals surface area contributed by atoms with Crippen LogP contribution >= 0.6 is 0 Å². The van der Waals surface area contributed by atoms with Crippen LogP contribution in [-0.4, -0.2) is 23.2 Å². The molecule has 3 aromatic rings. The molecule has 6 heteroatoms. The maximum Gasteiger partial charge on any atom is 0.259 e. The molecule has 0 spiro atoms. The van der Waals surface area contributed by atoms with Crippen LogP contribution in [-0.2, 0) is 12.8 Å². The van der Waals surface area contributed by atoms with Crippen LogP contribution in [0.25, 0.3) is 11.1 Å². The highest BCUT2D eigenvalue weighted by Crippen LogP contribution is 2.32. The van der Waals surface area contributed by atoms with E-state index in [1.165, 1.54) is 0 Å². The Hall–Kier alpha value is -2.89. The molecule has 0 radical (unpaired) electrons. The molecule has 0 bridgehead atoms. The van der Waals surface area contributed by atoms with Crippen molar-refractivity contribution in [3.63, 3.8) is 0 Å². The Balaban J connectivity index is 1.77. The van der Waals surface area contributed by atoms with Crippen molar-refractivity contribution in [1.29, 1.82) is 0 Å². The van der Waals surface area contributed by atoms with E-state index < -0.39 is 0 Å². The quantitative estimate of drug-likeness (QED) is 0.800. The first-order valence-electron chi connectivity index (χ1n) is 7.90. The summed E-state index contributed by atoms with van der Waals surface area (Å²) in [6.45, 7) is 1.83. The molecule has 1 N–H and O–H groups in total. The number of rotatable bonds is 3. The number of methoxy groups -OCH3 is 1. The second-order valence-corrected chi connectivity index (χ2v) is 5.90. The van der Waals surface area contributed by atoms with Gasteiger partial charge in [0.2, 0.25) is 0 Å². The van der Waals surface area contributed by atoms with Gasteiger partial charge in [0.25, 0.3) is 11.6 Å². The van der Waals surface area contributed by atoms with Crippen LogP contribution in [0.1, 0.15) is 33.7 Å². The van der Waals surface area contributed by atoms with E-state index in [-0.39, 0.29) is 5.91 Å². The largest absolute Gasteiger partial charge is 0.497 e. The Kier molecular flexibility index (Phi) is 3.45. The molecule has 0 saturated heterocycles. The first kappa shape index (κ1) is 14.7. The zero-order valence-electron chi connectivity index (χ0n) is 13.5. The van der Waals surface area contributed by atoms with Crippen LogP contribution in [0.15, 0.2) is 28.8 Å². The Bertz CT molecular complexity index is 929. The number of amides is 1. The SMILES string of the molecule is COc1ccc(NC(=O)c2c3c(nc4onc(C)c24)CCC3)cc1. The van der Waals surface area contributed by atoms with E-state index in [0.29, 0.717) is 28.0 Å². The molecule has 6 nitrogen and oxygen atoms in total. The molecule has 0 aliphatic heterocycles. The van der Waals surface area contributed by atoms with Gasteiger partial charge in [0.15, 0.2) is 0 Å².